The first kappa shape index (κ1) is 18.2. The fraction of sp³-hybridized carbons (Fsp3) is 0.0909. The Bertz CT molecular complexity index is 922. The summed E-state index contributed by atoms with van der Waals surface area (Å²) in [4.78, 5) is 24.0. The fourth-order valence-electron chi connectivity index (χ4n) is 2.47. The van der Waals surface area contributed by atoms with Crippen LogP contribution in [0.25, 0.3) is 0 Å². The number of rotatable bonds is 5. The van der Waals surface area contributed by atoms with E-state index >= 15 is 0 Å². The van der Waals surface area contributed by atoms with Gasteiger partial charge in [-0.15, -0.1) is 0 Å². The number of carbonyl (C=O) groups is 2. The zero-order valence-corrected chi connectivity index (χ0v) is 14.9. The Morgan fingerprint density at radius 1 is 0.778 bits per heavy atom. The summed E-state index contributed by atoms with van der Waals surface area (Å²) >= 11 is 0. The van der Waals surface area contributed by atoms with Crippen molar-refractivity contribution in [3.05, 3.63) is 90.0 Å². The van der Waals surface area contributed by atoms with Gasteiger partial charge in [0.25, 0.3) is 0 Å². The lowest BCUT2D eigenvalue weighted by atomic mass is 10.2. The smallest absolute Gasteiger partial charge is 0.314 e. The normalized spacial score (nSPS) is 10.1. The summed E-state index contributed by atoms with van der Waals surface area (Å²) < 4.78 is 5.70. The molecule has 0 saturated heterocycles. The van der Waals surface area contributed by atoms with Crippen LogP contribution in [0, 0.1) is 6.92 Å². The predicted octanol–water partition coefficient (Wildman–Crippen LogP) is 4.15. The third kappa shape index (κ3) is 5.44. The molecular weight excluding hydrogens is 340 g/mol. The van der Waals surface area contributed by atoms with E-state index in [0.29, 0.717) is 23.7 Å². The second kappa shape index (κ2) is 8.67. The molecule has 0 atom stereocenters. The highest BCUT2D eigenvalue weighted by atomic mass is 16.5. The number of ether oxygens (including phenoxy) is 1. The Balaban J connectivity index is 1.52. The number of amides is 2. The second-order valence-corrected chi connectivity index (χ2v) is 6.08. The number of hydrogen-bond donors (Lipinski definition) is 2. The van der Waals surface area contributed by atoms with Crippen LogP contribution in [0.2, 0.25) is 0 Å². The van der Waals surface area contributed by atoms with Gasteiger partial charge in [0.05, 0.1) is 0 Å². The van der Waals surface area contributed by atoms with E-state index in [2.05, 4.69) is 10.6 Å². The molecule has 0 aliphatic carbocycles. The average Bonchev–Trinajstić information content (AvgIpc) is 2.68. The molecule has 0 aliphatic rings. The number of carbonyl (C=O) groups excluding carboxylic acids is 2. The summed E-state index contributed by atoms with van der Waals surface area (Å²) in [6, 6.07) is 24.0. The van der Waals surface area contributed by atoms with Crippen LogP contribution in [-0.4, -0.2) is 11.8 Å². The summed E-state index contributed by atoms with van der Waals surface area (Å²) in [5.74, 6) is -0.763. The van der Waals surface area contributed by atoms with Crippen molar-refractivity contribution in [2.75, 3.05) is 10.6 Å². The van der Waals surface area contributed by atoms with Gasteiger partial charge in [-0.2, -0.15) is 0 Å². The van der Waals surface area contributed by atoms with Gasteiger partial charge in [0.1, 0.15) is 12.4 Å². The highest BCUT2D eigenvalue weighted by Gasteiger charge is 2.14. The van der Waals surface area contributed by atoms with E-state index in [1.165, 1.54) is 0 Å². The number of anilines is 2. The van der Waals surface area contributed by atoms with Gasteiger partial charge in [-0.3, -0.25) is 9.59 Å². The SMILES string of the molecule is Cc1cccc(NC(=O)C(=O)Nc2ccc(OCc3ccccc3)cc2)c1. The molecule has 0 saturated carbocycles. The molecule has 0 radical (unpaired) electrons. The maximum absolute atomic E-state index is 12.0. The number of aryl methyl sites for hydroxylation is 1. The first-order chi connectivity index (χ1) is 13.1. The van der Waals surface area contributed by atoms with E-state index < -0.39 is 11.8 Å². The zero-order valence-electron chi connectivity index (χ0n) is 14.9. The van der Waals surface area contributed by atoms with Crippen molar-refractivity contribution in [3.8, 4) is 5.75 Å². The summed E-state index contributed by atoms with van der Waals surface area (Å²) in [5, 5.41) is 5.15. The zero-order chi connectivity index (χ0) is 19.1. The maximum atomic E-state index is 12.0. The Morgan fingerprint density at radius 3 is 2.11 bits per heavy atom. The van der Waals surface area contributed by atoms with Gasteiger partial charge in [0, 0.05) is 11.4 Å². The standard InChI is InChI=1S/C22H20N2O3/c1-16-6-5-9-19(14-16)24-22(26)21(25)23-18-10-12-20(13-11-18)27-15-17-7-3-2-4-8-17/h2-14H,15H2,1H3,(H,23,25)(H,24,26). The molecule has 0 heterocycles. The van der Waals surface area contributed by atoms with Crippen molar-refractivity contribution in [1.82, 2.24) is 0 Å². The second-order valence-electron chi connectivity index (χ2n) is 6.08. The lowest BCUT2D eigenvalue weighted by Gasteiger charge is -2.09. The van der Waals surface area contributed by atoms with Crippen LogP contribution in [-0.2, 0) is 16.2 Å². The van der Waals surface area contributed by atoms with Gasteiger partial charge in [0.15, 0.2) is 0 Å². The van der Waals surface area contributed by atoms with Crippen molar-refractivity contribution in [3.63, 3.8) is 0 Å². The highest BCUT2D eigenvalue weighted by molar-refractivity contribution is 6.43. The molecule has 3 rings (SSSR count). The van der Waals surface area contributed by atoms with Gasteiger partial charge < -0.3 is 15.4 Å². The average molecular weight is 360 g/mol. The maximum Gasteiger partial charge on any atom is 0.314 e. The summed E-state index contributed by atoms with van der Waals surface area (Å²) in [6.07, 6.45) is 0. The van der Waals surface area contributed by atoms with E-state index in [1.54, 1.807) is 36.4 Å². The van der Waals surface area contributed by atoms with Crippen molar-refractivity contribution in [1.29, 1.82) is 0 Å². The van der Waals surface area contributed by atoms with Crippen molar-refractivity contribution in [2.45, 2.75) is 13.5 Å². The third-order valence-electron chi connectivity index (χ3n) is 3.84. The minimum Gasteiger partial charge on any atom is -0.489 e. The van der Waals surface area contributed by atoms with Crippen LogP contribution < -0.4 is 15.4 Å². The topological polar surface area (TPSA) is 67.4 Å². The molecule has 3 aromatic carbocycles. The predicted molar refractivity (Wildman–Crippen MR) is 106 cm³/mol. The van der Waals surface area contributed by atoms with E-state index in [-0.39, 0.29) is 0 Å². The van der Waals surface area contributed by atoms with Crippen LogP contribution in [0.1, 0.15) is 11.1 Å². The Labute approximate surface area is 158 Å². The molecular formula is C22H20N2O3. The van der Waals surface area contributed by atoms with Crippen LogP contribution in [0.4, 0.5) is 11.4 Å². The largest absolute Gasteiger partial charge is 0.489 e. The first-order valence-electron chi connectivity index (χ1n) is 8.56. The van der Waals surface area contributed by atoms with Gasteiger partial charge in [0.2, 0.25) is 0 Å². The number of hydrogen-bond acceptors (Lipinski definition) is 3. The van der Waals surface area contributed by atoms with E-state index in [1.807, 2.05) is 49.4 Å². The van der Waals surface area contributed by atoms with Crippen molar-refractivity contribution >= 4 is 23.2 Å². The van der Waals surface area contributed by atoms with Crippen molar-refractivity contribution < 1.29 is 14.3 Å². The monoisotopic (exact) mass is 360 g/mol. The Kier molecular flexibility index (Phi) is 5.84. The molecule has 0 spiro atoms. The molecule has 0 aromatic heterocycles. The van der Waals surface area contributed by atoms with Gasteiger partial charge in [-0.1, -0.05) is 42.5 Å². The fourth-order valence-corrected chi connectivity index (χ4v) is 2.47. The van der Waals surface area contributed by atoms with E-state index in [9.17, 15) is 9.59 Å². The molecule has 5 nitrogen and oxygen atoms in total. The molecule has 27 heavy (non-hydrogen) atoms. The molecule has 136 valence electrons. The van der Waals surface area contributed by atoms with Gasteiger partial charge in [-0.05, 0) is 54.4 Å². The summed E-state index contributed by atoms with van der Waals surface area (Å²) in [7, 11) is 0. The molecule has 5 heteroatoms. The van der Waals surface area contributed by atoms with Gasteiger partial charge >= 0.3 is 11.8 Å². The lowest BCUT2D eigenvalue weighted by molar-refractivity contribution is -0.132. The minimum atomic E-state index is -0.727. The number of nitrogens with one attached hydrogen (secondary N) is 2. The molecule has 0 fully saturated rings. The Hall–Kier alpha value is -3.60. The Morgan fingerprint density at radius 2 is 1.44 bits per heavy atom. The van der Waals surface area contributed by atoms with E-state index in [0.717, 1.165) is 11.1 Å². The molecule has 2 N–H and O–H groups in total. The minimum absolute atomic E-state index is 0.464. The molecule has 0 aliphatic heterocycles. The quantitative estimate of drug-likeness (QED) is 0.672. The van der Waals surface area contributed by atoms with Gasteiger partial charge in [-0.25, -0.2) is 0 Å². The van der Waals surface area contributed by atoms with Crippen molar-refractivity contribution in [2.24, 2.45) is 0 Å². The molecule has 0 unspecified atom stereocenters. The molecule has 0 bridgehead atoms. The van der Waals surface area contributed by atoms with Crippen LogP contribution in [0.15, 0.2) is 78.9 Å². The summed E-state index contributed by atoms with van der Waals surface area (Å²) in [6.45, 7) is 2.38. The third-order valence-corrected chi connectivity index (χ3v) is 3.84. The molecule has 3 aromatic rings. The van der Waals surface area contributed by atoms with Crippen LogP contribution in [0.3, 0.4) is 0 Å². The number of benzene rings is 3. The lowest BCUT2D eigenvalue weighted by Crippen LogP contribution is -2.29. The molecule has 2 amide bonds. The van der Waals surface area contributed by atoms with E-state index in [4.69, 9.17) is 4.74 Å². The highest BCUT2D eigenvalue weighted by Crippen LogP contribution is 2.17. The first-order valence-corrected chi connectivity index (χ1v) is 8.56. The van der Waals surface area contributed by atoms with Crippen LogP contribution in [0.5, 0.6) is 5.75 Å². The summed E-state index contributed by atoms with van der Waals surface area (Å²) in [5.41, 5.74) is 3.17. The van der Waals surface area contributed by atoms with Crippen LogP contribution >= 0.6 is 0 Å².